The zero-order valence-electron chi connectivity index (χ0n) is 11.6. The monoisotopic (exact) mass is 243 g/mol. The minimum Gasteiger partial charge on any atom is -0.313 e. The molecular weight excluding hydrogens is 222 g/mol. The molecule has 1 N–H and O–H groups in total. The van der Waals surface area contributed by atoms with Crippen LogP contribution < -0.4 is 5.32 Å². The number of benzene rings is 1. The van der Waals surface area contributed by atoms with E-state index in [0.717, 1.165) is 24.5 Å². The van der Waals surface area contributed by atoms with E-state index in [1.54, 1.807) is 0 Å². The highest BCUT2D eigenvalue weighted by Crippen LogP contribution is 2.15. The Morgan fingerprint density at radius 3 is 2.61 bits per heavy atom. The van der Waals surface area contributed by atoms with Gasteiger partial charge in [-0.2, -0.15) is 5.10 Å². The zero-order chi connectivity index (χ0) is 13.1. The third-order valence-corrected chi connectivity index (χ3v) is 3.32. The number of aryl methyl sites for hydroxylation is 3. The van der Waals surface area contributed by atoms with Gasteiger partial charge in [0, 0.05) is 18.3 Å². The Kier molecular flexibility index (Phi) is 3.82. The first-order chi connectivity index (χ1) is 8.61. The molecule has 0 atom stereocenters. The molecule has 0 saturated heterocycles. The fourth-order valence-electron chi connectivity index (χ4n) is 1.93. The highest BCUT2D eigenvalue weighted by molar-refractivity contribution is 5.39. The summed E-state index contributed by atoms with van der Waals surface area (Å²) >= 11 is 0. The molecule has 2 rings (SSSR count). The van der Waals surface area contributed by atoms with E-state index in [2.05, 4.69) is 62.5 Å². The minimum atomic E-state index is 0.882. The molecular formula is C15H21N3. The van der Waals surface area contributed by atoms with Crippen molar-refractivity contribution >= 4 is 0 Å². The van der Waals surface area contributed by atoms with Crippen molar-refractivity contribution in [3.05, 3.63) is 46.8 Å². The summed E-state index contributed by atoms with van der Waals surface area (Å²) in [6.07, 6.45) is 2.11. The van der Waals surface area contributed by atoms with E-state index in [1.807, 2.05) is 4.68 Å². The first-order valence-corrected chi connectivity index (χ1v) is 6.45. The van der Waals surface area contributed by atoms with Crippen LogP contribution in [0, 0.1) is 20.8 Å². The second-order valence-corrected chi connectivity index (χ2v) is 4.73. The molecule has 0 aliphatic carbocycles. The summed E-state index contributed by atoms with van der Waals surface area (Å²) in [5.74, 6) is 0. The first kappa shape index (κ1) is 12.8. The molecule has 1 heterocycles. The summed E-state index contributed by atoms with van der Waals surface area (Å²) in [5.41, 5.74) is 6.09. The molecule has 0 amide bonds. The Hall–Kier alpha value is -1.61. The molecule has 3 heteroatoms. The molecule has 0 aliphatic rings. The number of hydrogen-bond acceptors (Lipinski definition) is 2. The zero-order valence-corrected chi connectivity index (χ0v) is 11.6. The molecule has 96 valence electrons. The summed E-state index contributed by atoms with van der Waals surface area (Å²) in [5, 5.41) is 7.92. The maximum Gasteiger partial charge on any atom is 0.0648 e. The highest BCUT2D eigenvalue weighted by atomic mass is 15.3. The normalized spacial score (nSPS) is 10.9. The fraction of sp³-hybridized carbons (Fsp3) is 0.400. The second-order valence-electron chi connectivity index (χ2n) is 4.73. The average molecular weight is 243 g/mol. The van der Waals surface area contributed by atoms with E-state index in [-0.39, 0.29) is 0 Å². The van der Waals surface area contributed by atoms with Gasteiger partial charge in [0.15, 0.2) is 0 Å². The molecule has 0 fully saturated rings. The van der Waals surface area contributed by atoms with Crippen LogP contribution in [0.15, 0.2) is 24.4 Å². The van der Waals surface area contributed by atoms with E-state index in [9.17, 15) is 0 Å². The van der Waals surface area contributed by atoms with Crippen molar-refractivity contribution in [2.24, 2.45) is 0 Å². The molecule has 0 bridgehead atoms. The van der Waals surface area contributed by atoms with Gasteiger partial charge in [0.1, 0.15) is 0 Å². The van der Waals surface area contributed by atoms with Gasteiger partial charge in [-0.3, -0.25) is 0 Å². The molecule has 18 heavy (non-hydrogen) atoms. The van der Waals surface area contributed by atoms with Gasteiger partial charge in [-0.05, 0) is 50.6 Å². The van der Waals surface area contributed by atoms with Crippen molar-refractivity contribution in [3.63, 3.8) is 0 Å². The topological polar surface area (TPSA) is 29.9 Å². The van der Waals surface area contributed by atoms with Gasteiger partial charge in [-0.25, -0.2) is 4.68 Å². The minimum absolute atomic E-state index is 0.882. The molecule has 0 unspecified atom stereocenters. The van der Waals surface area contributed by atoms with Crippen LogP contribution in [0.3, 0.4) is 0 Å². The quantitative estimate of drug-likeness (QED) is 0.895. The van der Waals surface area contributed by atoms with Gasteiger partial charge in [0.25, 0.3) is 0 Å². The summed E-state index contributed by atoms with van der Waals surface area (Å²) in [4.78, 5) is 0. The van der Waals surface area contributed by atoms with Crippen LogP contribution in [0.1, 0.15) is 29.3 Å². The molecule has 0 saturated carbocycles. The first-order valence-electron chi connectivity index (χ1n) is 6.45. The lowest BCUT2D eigenvalue weighted by atomic mass is 10.1. The van der Waals surface area contributed by atoms with Gasteiger partial charge < -0.3 is 5.32 Å². The number of aromatic nitrogens is 2. The van der Waals surface area contributed by atoms with Crippen LogP contribution in [0.5, 0.6) is 0 Å². The molecule has 0 radical (unpaired) electrons. The summed E-state index contributed by atoms with van der Waals surface area (Å²) in [6.45, 7) is 10.3. The SMILES string of the molecule is CCNCc1cn(-c2ccc(C)c(C)c2)nc1C. The summed E-state index contributed by atoms with van der Waals surface area (Å²) in [7, 11) is 0. The van der Waals surface area contributed by atoms with Crippen LogP contribution in [0.4, 0.5) is 0 Å². The molecule has 3 nitrogen and oxygen atoms in total. The smallest absolute Gasteiger partial charge is 0.0648 e. The Balaban J connectivity index is 2.30. The number of nitrogens with one attached hydrogen (secondary N) is 1. The molecule has 1 aromatic carbocycles. The predicted octanol–water partition coefficient (Wildman–Crippen LogP) is 2.91. The Bertz CT molecular complexity index is 541. The van der Waals surface area contributed by atoms with Crippen LogP contribution in [0.25, 0.3) is 5.69 Å². The average Bonchev–Trinajstić information content (AvgIpc) is 2.72. The summed E-state index contributed by atoms with van der Waals surface area (Å²) in [6, 6.07) is 6.44. The molecule has 1 aromatic heterocycles. The molecule has 0 spiro atoms. The number of nitrogens with zero attached hydrogens (tertiary/aromatic N) is 2. The van der Waals surface area contributed by atoms with Crippen molar-refractivity contribution in [1.29, 1.82) is 0 Å². The van der Waals surface area contributed by atoms with Gasteiger partial charge >= 0.3 is 0 Å². The third kappa shape index (κ3) is 2.62. The van der Waals surface area contributed by atoms with E-state index < -0.39 is 0 Å². The fourth-order valence-corrected chi connectivity index (χ4v) is 1.93. The highest BCUT2D eigenvalue weighted by Gasteiger charge is 2.06. The Morgan fingerprint density at radius 2 is 1.94 bits per heavy atom. The van der Waals surface area contributed by atoms with E-state index in [1.165, 1.54) is 16.7 Å². The molecule has 0 aliphatic heterocycles. The van der Waals surface area contributed by atoms with Crippen LogP contribution in [-0.2, 0) is 6.54 Å². The Morgan fingerprint density at radius 1 is 1.17 bits per heavy atom. The van der Waals surface area contributed by atoms with Crippen molar-refractivity contribution in [3.8, 4) is 5.69 Å². The van der Waals surface area contributed by atoms with Gasteiger partial charge in [0.2, 0.25) is 0 Å². The van der Waals surface area contributed by atoms with E-state index in [0.29, 0.717) is 0 Å². The summed E-state index contributed by atoms with van der Waals surface area (Å²) < 4.78 is 1.97. The maximum absolute atomic E-state index is 4.58. The van der Waals surface area contributed by atoms with Crippen molar-refractivity contribution in [2.45, 2.75) is 34.2 Å². The van der Waals surface area contributed by atoms with Gasteiger partial charge in [-0.15, -0.1) is 0 Å². The van der Waals surface area contributed by atoms with Crippen LogP contribution in [0.2, 0.25) is 0 Å². The molecule has 2 aromatic rings. The van der Waals surface area contributed by atoms with Gasteiger partial charge in [0.05, 0.1) is 11.4 Å². The Labute approximate surface area is 109 Å². The number of rotatable bonds is 4. The van der Waals surface area contributed by atoms with E-state index in [4.69, 9.17) is 0 Å². The van der Waals surface area contributed by atoms with Crippen molar-refractivity contribution < 1.29 is 0 Å². The number of hydrogen-bond donors (Lipinski definition) is 1. The third-order valence-electron chi connectivity index (χ3n) is 3.32. The van der Waals surface area contributed by atoms with Crippen molar-refractivity contribution in [2.75, 3.05) is 6.54 Å². The standard InChI is InChI=1S/C15H21N3/c1-5-16-9-14-10-18(17-13(14)4)15-7-6-11(2)12(3)8-15/h6-8,10,16H,5,9H2,1-4H3. The lowest BCUT2D eigenvalue weighted by Crippen LogP contribution is -2.11. The van der Waals surface area contributed by atoms with Crippen LogP contribution in [-0.4, -0.2) is 16.3 Å². The lowest BCUT2D eigenvalue weighted by Gasteiger charge is -2.05. The van der Waals surface area contributed by atoms with Gasteiger partial charge in [-0.1, -0.05) is 13.0 Å². The second kappa shape index (κ2) is 5.36. The lowest BCUT2D eigenvalue weighted by molar-refractivity contribution is 0.723. The van der Waals surface area contributed by atoms with E-state index >= 15 is 0 Å². The maximum atomic E-state index is 4.58. The predicted molar refractivity (Wildman–Crippen MR) is 75.2 cm³/mol. The largest absolute Gasteiger partial charge is 0.313 e. The van der Waals surface area contributed by atoms with Crippen LogP contribution >= 0.6 is 0 Å². The van der Waals surface area contributed by atoms with Crippen molar-refractivity contribution in [1.82, 2.24) is 15.1 Å².